The quantitative estimate of drug-likeness (QED) is 0.897. The molecule has 0 aliphatic carbocycles. The van der Waals surface area contributed by atoms with Gasteiger partial charge in [0.15, 0.2) is 0 Å². The minimum absolute atomic E-state index is 0. The fourth-order valence-electron chi connectivity index (χ4n) is 3.40. The Morgan fingerprint density at radius 2 is 1.92 bits per heavy atom. The van der Waals surface area contributed by atoms with Gasteiger partial charge in [0, 0.05) is 38.8 Å². The van der Waals surface area contributed by atoms with Gasteiger partial charge < -0.3 is 5.11 Å². The second kappa shape index (κ2) is 8.51. The van der Waals surface area contributed by atoms with Crippen molar-refractivity contribution in [2.45, 2.75) is 19.4 Å². The van der Waals surface area contributed by atoms with Crippen molar-refractivity contribution >= 4 is 30.8 Å². The molecule has 132 valence electrons. The first-order chi connectivity index (χ1) is 10.5. The molecule has 7 heteroatoms. The molecule has 3 rings (SSSR count). The smallest absolute Gasteiger partial charge is 0.308 e. The summed E-state index contributed by atoms with van der Waals surface area (Å²) in [6.07, 6.45) is 1.96. The Balaban J connectivity index is 0.00000144. The van der Waals surface area contributed by atoms with E-state index >= 15 is 0 Å². The van der Waals surface area contributed by atoms with Crippen molar-refractivity contribution in [2.75, 3.05) is 13.1 Å². The Morgan fingerprint density at radius 3 is 2.46 bits per heavy atom. The second-order valence-electron chi connectivity index (χ2n) is 6.07. The molecular weight excluding hydrogens is 349 g/mol. The number of halogens is 2. The number of rotatable bonds is 4. The molecule has 2 atom stereocenters. The maximum Gasteiger partial charge on any atom is 0.308 e. The number of likely N-dealkylation sites (tertiary alicyclic amines) is 1. The number of aryl methyl sites for hydroxylation is 2. The Labute approximate surface area is 154 Å². The molecule has 0 radical (unpaired) electrons. The number of hydrogen-bond acceptors (Lipinski definition) is 3. The van der Waals surface area contributed by atoms with E-state index in [0.717, 1.165) is 24.3 Å². The van der Waals surface area contributed by atoms with E-state index in [1.165, 1.54) is 5.56 Å². The van der Waals surface area contributed by atoms with Gasteiger partial charge in [-0.3, -0.25) is 14.4 Å². The van der Waals surface area contributed by atoms with Crippen LogP contribution >= 0.6 is 24.8 Å². The highest BCUT2D eigenvalue weighted by molar-refractivity contribution is 5.85. The minimum atomic E-state index is -0.719. The van der Waals surface area contributed by atoms with Crippen LogP contribution in [-0.4, -0.2) is 38.8 Å². The molecule has 0 amide bonds. The van der Waals surface area contributed by atoms with Crippen LogP contribution in [0.25, 0.3) is 0 Å². The molecular formula is C17H23Cl2N3O2. The van der Waals surface area contributed by atoms with Gasteiger partial charge in [-0.2, -0.15) is 5.10 Å². The van der Waals surface area contributed by atoms with E-state index in [1.807, 2.05) is 38.4 Å². The van der Waals surface area contributed by atoms with Crippen molar-refractivity contribution < 1.29 is 9.90 Å². The molecule has 1 N–H and O–H groups in total. The second-order valence-corrected chi connectivity index (χ2v) is 6.07. The highest BCUT2D eigenvalue weighted by Gasteiger charge is 2.39. The molecule has 5 nitrogen and oxygen atoms in total. The normalized spacial score (nSPS) is 20.2. The summed E-state index contributed by atoms with van der Waals surface area (Å²) in [5.74, 6) is -1.08. The third-order valence-corrected chi connectivity index (χ3v) is 4.41. The predicted octanol–water partition coefficient (Wildman–Crippen LogP) is 2.87. The number of benzene rings is 1. The zero-order chi connectivity index (χ0) is 15.7. The molecule has 1 aromatic carbocycles. The van der Waals surface area contributed by atoms with Gasteiger partial charge >= 0.3 is 5.97 Å². The van der Waals surface area contributed by atoms with Crippen LogP contribution in [-0.2, 0) is 18.4 Å². The molecule has 0 bridgehead atoms. The molecule has 0 unspecified atom stereocenters. The van der Waals surface area contributed by atoms with E-state index in [0.29, 0.717) is 6.54 Å². The van der Waals surface area contributed by atoms with Crippen molar-refractivity contribution in [3.8, 4) is 0 Å². The van der Waals surface area contributed by atoms with Crippen LogP contribution < -0.4 is 0 Å². The summed E-state index contributed by atoms with van der Waals surface area (Å²) >= 11 is 0. The SMILES string of the molecule is Cc1nn(C)cc1[C@@H]1CN(Cc2ccccc2)C[C@H]1C(=O)O.Cl.Cl. The Kier molecular flexibility index (Phi) is 7.27. The summed E-state index contributed by atoms with van der Waals surface area (Å²) < 4.78 is 1.77. The number of aliphatic carboxylic acids is 1. The maximum atomic E-state index is 11.6. The number of aromatic nitrogens is 2. The van der Waals surface area contributed by atoms with Gasteiger partial charge in [0.1, 0.15) is 0 Å². The van der Waals surface area contributed by atoms with Crippen LogP contribution in [0.1, 0.15) is 22.7 Å². The van der Waals surface area contributed by atoms with E-state index in [-0.39, 0.29) is 36.6 Å². The third-order valence-electron chi connectivity index (χ3n) is 4.41. The minimum Gasteiger partial charge on any atom is -0.481 e. The molecule has 2 heterocycles. The first kappa shape index (κ1) is 20.5. The van der Waals surface area contributed by atoms with Crippen molar-refractivity contribution in [3.63, 3.8) is 0 Å². The fourth-order valence-corrected chi connectivity index (χ4v) is 3.40. The summed E-state index contributed by atoms with van der Waals surface area (Å²) in [6.45, 7) is 4.09. The summed E-state index contributed by atoms with van der Waals surface area (Å²) in [5.41, 5.74) is 3.21. The van der Waals surface area contributed by atoms with E-state index in [9.17, 15) is 9.90 Å². The van der Waals surface area contributed by atoms with Gasteiger partial charge in [-0.15, -0.1) is 24.8 Å². The summed E-state index contributed by atoms with van der Waals surface area (Å²) in [4.78, 5) is 13.9. The van der Waals surface area contributed by atoms with E-state index in [1.54, 1.807) is 4.68 Å². The average molecular weight is 372 g/mol. The lowest BCUT2D eigenvalue weighted by Crippen LogP contribution is -2.23. The van der Waals surface area contributed by atoms with Crippen molar-refractivity contribution in [2.24, 2.45) is 13.0 Å². The number of carbonyl (C=O) groups is 1. The Bertz CT molecular complexity index is 676. The van der Waals surface area contributed by atoms with Crippen LogP contribution in [0.3, 0.4) is 0 Å². The molecule has 1 fully saturated rings. The van der Waals surface area contributed by atoms with Gasteiger partial charge in [0.25, 0.3) is 0 Å². The van der Waals surface area contributed by atoms with Crippen LogP contribution in [0.2, 0.25) is 0 Å². The standard InChI is InChI=1S/C17H21N3O2.2ClH/c1-12-14(9-19(2)18-12)15-10-20(11-16(15)17(21)22)8-13-6-4-3-5-7-13;;/h3-7,9,15-16H,8,10-11H2,1-2H3,(H,21,22);2*1H/t15-,16+;;/m0../s1. The zero-order valence-electron chi connectivity index (χ0n) is 13.8. The van der Waals surface area contributed by atoms with Gasteiger partial charge in [-0.25, -0.2) is 0 Å². The third kappa shape index (κ3) is 4.29. The lowest BCUT2D eigenvalue weighted by Gasteiger charge is -2.15. The van der Waals surface area contributed by atoms with Crippen LogP contribution in [0, 0.1) is 12.8 Å². The van der Waals surface area contributed by atoms with E-state index in [4.69, 9.17) is 0 Å². The van der Waals surface area contributed by atoms with Gasteiger partial charge in [-0.05, 0) is 18.1 Å². The molecule has 0 saturated carbocycles. The average Bonchev–Trinajstić information content (AvgIpc) is 3.03. The van der Waals surface area contributed by atoms with E-state index in [2.05, 4.69) is 22.1 Å². The highest BCUT2D eigenvalue weighted by atomic mass is 35.5. The van der Waals surface area contributed by atoms with Crippen molar-refractivity contribution in [1.29, 1.82) is 0 Å². The van der Waals surface area contributed by atoms with Gasteiger partial charge in [-0.1, -0.05) is 30.3 Å². The molecule has 0 spiro atoms. The molecule has 1 saturated heterocycles. The van der Waals surface area contributed by atoms with Crippen molar-refractivity contribution in [1.82, 2.24) is 14.7 Å². The first-order valence-electron chi connectivity index (χ1n) is 7.54. The van der Waals surface area contributed by atoms with Crippen LogP contribution in [0.15, 0.2) is 36.5 Å². The monoisotopic (exact) mass is 371 g/mol. The highest BCUT2D eigenvalue weighted by Crippen LogP contribution is 2.34. The summed E-state index contributed by atoms with van der Waals surface area (Å²) in [5, 5.41) is 13.9. The van der Waals surface area contributed by atoms with Gasteiger partial charge in [0.2, 0.25) is 0 Å². The largest absolute Gasteiger partial charge is 0.481 e. The molecule has 2 aromatic rings. The Hall–Kier alpha value is -1.56. The first-order valence-corrected chi connectivity index (χ1v) is 7.54. The predicted molar refractivity (Wildman–Crippen MR) is 98.0 cm³/mol. The summed E-state index contributed by atoms with van der Waals surface area (Å²) in [6, 6.07) is 10.2. The number of carboxylic acid groups (broad SMARTS) is 1. The molecule has 1 aliphatic heterocycles. The maximum absolute atomic E-state index is 11.6. The number of nitrogens with zero attached hydrogens (tertiary/aromatic N) is 3. The lowest BCUT2D eigenvalue weighted by atomic mass is 9.89. The number of hydrogen-bond donors (Lipinski definition) is 1. The fraction of sp³-hybridized carbons (Fsp3) is 0.412. The van der Waals surface area contributed by atoms with E-state index < -0.39 is 5.97 Å². The lowest BCUT2D eigenvalue weighted by molar-refractivity contribution is -0.141. The molecule has 24 heavy (non-hydrogen) atoms. The summed E-state index contributed by atoms with van der Waals surface area (Å²) in [7, 11) is 1.88. The van der Waals surface area contributed by atoms with Gasteiger partial charge in [0.05, 0.1) is 11.6 Å². The Morgan fingerprint density at radius 1 is 1.25 bits per heavy atom. The van der Waals surface area contributed by atoms with Crippen LogP contribution in [0.5, 0.6) is 0 Å². The number of carboxylic acids is 1. The van der Waals surface area contributed by atoms with Crippen molar-refractivity contribution in [3.05, 3.63) is 53.3 Å². The zero-order valence-corrected chi connectivity index (χ0v) is 15.4. The molecule has 1 aromatic heterocycles. The topological polar surface area (TPSA) is 58.4 Å². The van der Waals surface area contributed by atoms with Crippen LogP contribution in [0.4, 0.5) is 0 Å². The molecule has 1 aliphatic rings.